The second-order valence-electron chi connectivity index (χ2n) is 7.07. The number of hydrogen-bond donors (Lipinski definition) is 1. The molecule has 1 saturated heterocycles. The van der Waals surface area contributed by atoms with Gasteiger partial charge in [-0.25, -0.2) is 4.98 Å². The number of aliphatic hydroxyl groups is 1. The summed E-state index contributed by atoms with van der Waals surface area (Å²) in [4.78, 5) is 9.95. The van der Waals surface area contributed by atoms with E-state index in [2.05, 4.69) is 53.1 Å². The number of likely N-dealkylation sites (N-methyl/N-ethyl adjacent to an activating group) is 1. The first-order chi connectivity index (χ1) is 13.8. The van der Waals surface area contributed by atoms with Crippen molar-refractivity contribution in [2.45, 2.75) is 6.92 Å². The lowest BCUT2D eigenvalue weighted by molar-refractivity contribution is 0.201. The van der Waals surface area contributed by atoms with Crippen molar-refractivity contribution in [2.24, 2.45) is 0 Å². The molecule has 0 saturated carbocycles. The number of anilines is 1. The van der Waals surface area contributed by atoms with Crippen molar-refractivity contribution in [3.8, 4) is 17.0 Å². The number of ether oxygens (including phenoxy) is 1. The summed E-state index contributed by atoms with van der Waals surface area (Å²) in [6.45, 7) is 7.75. The Morgan fingerprint density at radius 3 is 2.47 bits per heavy atom. The molecule has 2 aromatic carbocycles. The SMILES string of the molecule is CCN1CCN(c2nc(-c3cccc(OCCO)c3)cc3ccccc23)CC1.Cl.Cl. The third-order valence-corrected chi connectivity index (χ3v) is 5.33. The van der Waals surface area contributed by atoms with Crippen molar-refractivity contribution < 1.29 is 9.84 Å². The predicted octanol–water partition coefficient (Wildman–Crippen LogP) is 4.26. The van der Waals surface area contributed by atoms with Gasteiger partial charge in [0.25, 0.3) is 0 Å². The number of benzene rings is 2. The van der Waals surface area contributed by atoms with Crippen LogP contribution >= 0.6 is 24.8 Å². The molecule has 7 heteroatoms. The minimum Gasteiger partial charge on any atom is -0.491 e. The molecular formula is C23H29Cl2N3O2. The van der Waals surface area contributed by atoms with Crippen LogP contribution in [0.15, 0.2) is 54.6 Å². The average molecular weight is 450 g/mol. The van der Waals surface area contributed by atoms with Gasteiger partial charge in [-0.2, -0.15) is 0 Å². The predicted molar refractivity (Wildman–Crippen MR) is 129 cm³/mol. The Kier molecular flexibility index (Phi) is 9.18. The second-order valence-corrected chi connectivity index (χ2v) is 7.07. The van der Waals surface area contributed by atoms with Crippen molar-refractivity contribution >= 4 is 41.4 Å². The van der Waals surface area contributed by atoms with Gasteiger partial charge >= 0.3 is 0 Å². The summed E-state index contributed by atoms with van der Waals surface area (Å²) in [6, 6.07) is 18.5. The van der Waals surface area contributed by atoms with Gasteiger partial charge in [-0.1, -0.05) is 43.3 Å². The maximum atomic E-state index is 9.00. The molecule has 5 nitrogen and oxygen atoms in total. The molecule has 0 aliphatic carbocycles. The molecule has 1 N–H and O–H groups in total. The van der Waals surface area contributed by atoms with Crippen LogP contribution in [0, 0.1) is 0 Å². The molecule has 30 heavy (non-hydrogen) atoms. The molecule has 0 amide bonds. The van der Waals surface area contributed by atoms with E-state index in [4.69, 9.17) is 14.8 Å². The van der Waals surface area contributed by atoms with Crippen LogP contribution in [0.25, 0.3) is 22.0 Å². The zero-order valence-corrected chi connectivity index (χ0v) is 18.8. The van der Waals surface area contributed by atoms with Crippen LogP contribution in [0.5, 0.6) is 5.75 Å². The Labute approximate surface area is 190 Å². The Morgan fingerprint density at radius 2 is 1.73 bits per heavy atom. The zero-order chi connectivity index (χ0) is 19.3. The summed E-state index contributed by atoms with van der Waals surface area (Å²) < 4.78 is 5.58. The lowest BCUT2D eigenvalue weighted by Gasteiger charge is -2.35. The summed E-state index contributed by atoms with van der Waals surface area (Å²) in [5.41, 5.74) is 1.97. The number of fused-ring (bicyclic) bond motifs is 1. The maximum Gasteiger partial charge on any atom is 0.137 e. The standard InChI is InChI=1S/C23H27N3O2.2ClH/c1-2-25-10-12-26(13-11-25)23-21-9-4-3-6-18(21)17-22(24-23)19-7-5-8-20(16-19)28-15-14-27;;/h3-9,16-17,27H,2,10-15H2,1H3;2*1H. The molecular weight excluding hydrogens is 421 g/mol. The van der Waals surface area contributed by atoms with Crippen LogP contribution in [0.4, 0.5) is 5.82 Å². The van der Waals surface area contributed by atoms with Gasteiger partial charge in [-0.15, -0.1) is 24.8 Å². The van der Waals surface area contributed by atoms with Crippen LogP contribution in [-0.4, -0.2) is 60.9 Å². The summed E-state index contributed by atoms with van der Waals surface area (Å²) in [5, 5.41) is 11.4. The van der Waals surface area contributed by atoms with Crippen molar-refractivity contribution in [3.63, 3.8) is 0 Å². The molecule has 1 aliphatic rings. The highest BCUT2D eigenvalue weighted by molar-refractivity contribution is 5.95. The van der Waals surface area contributed by atoms with Crippen LogP contribution < -0.4 is 9.64 Å². The number of aliphatic hydroxyl groups excluding tert-OH is 1. The first-order valence-electron chi connectivity index (χ1n) is 9.99. The Morgan fingerprint density at radius 1 is 0.967 bits per heavy atom. The highest BCUT2D eigenvalue weighted by Crippen LogP contribution is 2.31. The van der Waals surface area contributed by atoms with Gasteiger partial charge in [-0.05, 0) is 30.1 Å². The Balaban J connectivity index is 0.00000160. The monoisotopic (exact) mass is 449 g/mol. The van der Waals surface area contributed by atoms with Gasteiger partial charge < -0.3 is 19.6 Å². The maximum absolute atomic E-state index is 9.00. The molecule has 1 fully saturated rings. The number of hydrogen-bond acceptors (Lipinski definition) is 5. The minimum atomic E-state index is 0. The van der Waals surface area contributed by atoms with Crippen molar-refractivity contribution in [1.82, 2.24) is 9.88 Å². The van der Waals surface area contributed by atoms with E-state index in [-0.39, 0.29) is 31.4 Å². The number of pyridine rings is 1. The van der Waals surface area contributed by atoms with Gasteiger partial charge in [0.1, 0.15) is 18.2 Å². The normalized spacial score (nSPS) is 14.1. The molecule has 3 aromatic rings. The van der Waals surface area contributed by atoms with E-state index < -0.39 is 0 Å². The topological polar surface area (TPSA) is 48.8 Å². The fourth-order valence-corrected chi connectivity index (χ4v) is 3.75. The molecule has 0 bridgehead atoms. The Hall–Kier alpha value is -2.05. The van der Waals surface area contributed by atoms with Gasteiger partial charge in [-0.3, -0.25) is 0 Å². The van der Waals surface area contributed by atoms with E-state index in [1.165, 1.54) is 10.8 Å². The molecule has 2 heterocycles. The van der Waals surface area contributed by atoms with Crippen LogP contribution in [0.3, 0.4) is 0 Å². The van der Waals surface area contributed by atoms with Gasteiger partial charge in [0, 0.05) is 37.1 Å². The quantitative estimate of drug-likeness (QED) is 0.608. The van der Waals surface area contributed by atoms with Gasteiger partial charge in [0.15, 0.2) is 0 Å². The van der Waals surface area contributed by atoms with E-state index in [0.717, 1.165) is 55.5 Å². The van der Waals surface area contributed by atoms with Crippen molar-refractivity contribution in [2.75, 3.05) is 50.8 Å². The smallest absolute Gasteiger partial charge is 0.137 e. The fourth-order valence-electron chi connectivity index (χ4n) is 3.75. The number of nitrogens with zero attached hydrogens (tertiary/aromatic N) is 3. The van der Waals surface area contributed by atoms with Gasteiger partial charge in [0.05, 0.1) is 12.3 Å². The lowest BCUT2D eigenvalue weighted by atomic mass is 10.1. The third-order valence-electron chi connectivity index (χ3n) is 5.33. The van der Waals surface area contributed by atoms with Crippen LogP contribution in [0.1, 0.15) is 6.92 Å². The van der Waals surface area contributed by atoms with Crippen LogP contribution in [0.2, 0.25) is 0 Å². The first kappa shape index (κ1) is 24.2. The largest absolute Gasteiger partial charge is 0.491 e. The van der Waals surface area contributed by atoms with Gasteiger partial charge in [0.2, 0.25) is 0 Å². The fraction of sp³-hybridized carbons (Fsp3) is 0.348. The molecule has 0 radical (unpaired) electrons. The summed E-state index contributed by atoms with van der Waals surface area (Å²) in [5.74, 6) is 1.81. The van der Waals surface area contributed by atoms with Crippen molar-refractivity contribution in [1.29, 1.82) is 0 Å². The third kappa shape index (κ3) is 5.35. The van der Waals surface area contributed by atoms with E-state index in [1.807, 2.05) is 18.2 Å². The summed E-state index contributed by atoms with van der Waals surface area (Å²) >= 11 is 0. The molecule has 0 spiro atoms. The van der Waals surface area contributed by atoms with E-state index >= 15 is 0 Å². The van der Waals surface area contributed by atoms with Crippen LogP contribution in [-0.2, 0) is 0 Å². The number of piperazine rings is 1. The van der Waals surface area contributed by atoms with E-state index in [1.54, 1.807) is 0 Å². The van der Waals surface area contributed by atoms with Crippen molar-refractivity contribution in [3.05, 3.63) is 54.6 Å². The zero-order valence-electron chi connectivity index (χ0n) is 17.2. The minimum absolute atomic E-state index is 0. The number of aromatic nitrogens is 1. The Bertz CT molecular complexity index is 947. The molecule has 162 valence electrons. The molecule has 4 rings (SSSR count). The average Bonchev–Trinajstić information content (AvgIpc) is 2.77. The van der Waals surface area contributed by atoms with E-state index in [0.29, 0.717) is 6.61 Å². The molecule has 1 aliphatic heterocycles. The second kappa shape index (κ2) is 11.4. The lowest BCUT2D eigenvalue weighted by Crippen LogP contribution is -2.46. The first-order valence-corrected chi connectivity index (χ1v) is 9.99. The highest BCUT2D eigenvalue weighted by atomic mass is 35.5. The number of halogens is 2. The van der Waals surface area contributed by atoms with E-state index in [9.17, 15) is 0 Å². The summed E-state index contributed by atoms with van der Waals surface area (Å²) in [7, 11) is 0. The molecule has 0 atom stereocenters. The number of rotatable bonds is 6. The highest BCUT2D eigenvalue weighted by Gasteiger charge is 2.19. The molecule has 1 aromatic heterocycles. The summed E-state index contributed by atoms with van der Waals surface area (Å²) in [6.07, 6.45) is 0. The molecule has 0 unspecified atom stereocenters.